The largest absolute Gasteiger partial charge is 0.496 e. The van der Waals surface area contributed by atoms with Crippen LogP contribution in [0.25, 0.3) is 0 Å². The maximum absolute atomic E-state index is 5.51. The molecule has 0 saturated heterocycles. The van der Waals surface area contributed by atoms with Gasteiger partial charge in [-0.1, -0.05) is 31.5 Å². The minimum absolute atomic E-state index is 0.274. The summed E-state index contributed by atoms with van der Waals surface area (Å²) in [5.41, 5.74) is 2.50. The second kappa shape index (κ2) is 7.65. The summed E-state index contributed by atoms with van der Waals surface area (Å²) in [6, 6.07) is 7.20. The molecule has 2 unspecified atom stereocenters. The molecule has 1 rings (SSSR count). The van der Waals surface area contributed by atoms with E-state index in [9.17, 15) is 0 Å². The van der Waals surface area contributed by atoms with Crippen molar-refractivity contribution in [3.8, 4) is 5.75 Å². The van der Waals surface area contributed by atoms with Gasteiger partial charge in [0.2, 0.25) is 0 Å². The van der Waals surface area contributed by atoms with Crippen molar-refractivity contribution in [1.82, 2.24) is 10.2 Å². The Morgan fingerprint density at radius 3 is 2.40 bits per heavy atom. The fourth-order valence-electron chi connectivity index (χ4n) is 2.43. The van der Waals surface area contributed by atoms with E-state index in [1.54, 1.807) is 7.11 Å². The monoisotopic (exact) mass is 278 g/mol. The zero-order valence-corrected chi connectivity index (χ0v) is 14.0. The molecule has 114 valence electrons. The molecule has 3 nitrogen and oxygen atoms in total. The van der Waals surface area contributed by atoms with Crippen LogP contribution in [0.5, 0.6) is 5.75 Å². The summed E-state index contributed by atoms with van der Waals surface area (Å²) in [6.45, 7) is 9.90. The van der Waals surface area contributed by atoms with E-state index in [2.05, 4.69) is 63.2 Å². The average Bonchev–Trinajstić information content (AvgIpc) is 2.43. The molecule has 1 N–H and O–H groups in total. The lowest BCUT2D eigenvalue weighted by atomic mass is 10.00. The van der Waals surface area contributed by atoms with Gasteiger partial charge in [0.25, 0.3) is 0 Å². The molecule has 1 aromatic rings. The van der Waals surface area contributed by atoms with Gasteiger partial charge in [-0.3, -0.25) is 0 Å². The van der Waals surface area contributed by atoms with Crippen LogP contribution in [-0.4, -0.2) is 38.7 Å². The van der Waals surface area contributed by atoms with E-state index in [1.165, 1.54) is 11.1 Å². The first-order chi connectivity index (χ1) is 9.40. The molecule has 2 atom stereocenters. The molecule has 20 heavy (non-hydrogen) atoms. The molecule has 0 radical (unpaired) electrons. The molecule has 0 aliphatic carbocycles. The van der Waals surface area contributed by atoms with Crippen LogP contribution in [0.1, 0.15) is 37.9 Å². The van der Waals surface area contributed by atoms with Gasteiger partial charge in [0.05, 0.1) is 7.11 Å². The molecule has 0 aliphatic heterocycles. The van der Waals surface area contributed by atoms with E-state index >= 15 is 0 Å². The number of methoxy groups -OCH3 is 1. The van der Waals surface area contributed by atoms with Gasteiger partial charge in [-0.2, -0.15) is 0 Å². The van der Waals surface area contributed by atoms with Crippen molar-refractivity contribution in [2.24, 2.45) is 5.92 Å². The highest BCUT2D eigenvalue weighted by atomic mass is 16.5. The Kier molecular flexibility index (Phi) is 6.50. The summed E-state index contributed by atoms with van der Waals surface area (Å²) in [4.78, 5) is 2.41. The highest BCUT2D eigenvalue weighted by Crippen LogP contribution is 2.27. The highest BCUT2D eigenvalue weighted by Gasteiger charge is 2.20. The van der Waals surface area contributed by atoms with Gasteiger partial charge in [0.1, 0.15) is 5.75 Å². The van der Waals surface area contributed by atoms with Crippen LogP contribution < -0.4 is 10.1 Å². The van der Waals surface area contributed by atoms with Crippen LogP contribution in [0.15, 0.2) is 18.2 Å². The standard InChI is InChI=1S/C17H30N2O/c1-12(2)14(4)19(6)11-16(18-5)15-10-13(3)8-9-17(15)20-7/h8-10,12,14,16,18H,11H2,1-7H3. The van der Waals surface area contributed by atoms with Gasteiger partial charge in [-0.05, 0) is 39.9 Å². The van der Waals surface area contributed by atoms with Crippen molar-refractivity contribution < 1.29 is 4.74 Å². The third-order valence-corrected chi connectivity index (χ3v) is 4.24. The first-order valence-corrected chi connectivity index (χ1v) is 7.42. The van der Waals surface area contributed by atoms with Crippen molar-refractivity contribution in [2.45, 2.75) is 39.8 Å². The van der Waals surface area contributed by atoms with Crippen LogP contribution in [0.3, 0.4) is 0 Å². The van der Waals surface area contributed by atoms with Crippen LogP contribution in [0.2, 0.25) is 0 Å². The zero-order chi connectivity index (χ0) is 15.3. The Labute approximate surface area is 124 Å². The molecular formula is C17H30N2O. The predicted molar refractivity (Wildman–Crippen MR) is 86.5 cm³/mol. The Hall–Kier alpha value is -1.06. The smallest absolute Gasteiger partial charge is 0.123 e. The number of nitrogens with one attached hydrogen (secondary N) is 1. The molecule has 0 spiro atoms. The molecule has 1 aromatic carbocycles. The molecule has 0 fully saturated rings. The number of ether oxygens (including phenoxy) is 1. The van der Waals surface area contributed by atoms with E-state index in [0.717, 1.165) is 12.3 Å². The number of benzene rings is 1. The second-order valence-electron chi connectivity index (χ2n) is 6.01. The number of hydrogen-bond donors (Lipinski definition) is 1. The van der Waals surface area contributed by atoms with Gasteiger partial charge in [0.15, 0.2) is 0 Å². The predicted octanol–water partition coefficient (Wildman–Crippen LogP) is 3.24. The summed E-state index contributed by atoms with van der Waals surface area (Å²) in [6.07, 6.45) is 0. The normalized spacial score (nSPS) is 14.7. The van der Waals surface area contributed by atoms with Crippen molar-refractivity contribution in [3.05, 3.63) is 29.3 Å². The summed E-state index contributed by atoms with van der Waals surface area (Å²) in [5, 5.41) is 3.42. The lowest BCUT2D eigenvalue weighted by Gasteiger charge is -2.32. The van der Waals surface area contributed by atoms with E-state index in [4.69, 9.17) is 4.74 Å². The number of nitrogens with zero attached hydrogens (tertiary/aromatic N) is 1. The number of rotatable bonds is 7. The Morgan fingerprint density at radius 1 is 1.25 bits per heavy atom. The van der Waals surface area contributed by atoms with E-state index in [0.29, 0.717) is 12.0 Å². The van der Waals surface area contributed by atoms with E-state index in [1.807, 2.05) is 7.05 Å². The molecule has 0 aromatic heterocycles. The SMILES string of the molecule is CNC(CN(C)C(C)C(C)C)c1cc(C)ccc1OC. The van der Waals surface area contributed by atoms with Crippen molar-refractivity contribution in [1.29, 1.82) is 0 Å². The maximum atomic E-state index is 5.51. The third-order valence-electron chi connectivity index (χ3n) is 4.24. The minimum atomic E-state index is 0.274. The molecule has 0 aliphatic rings. The first kappa shape index (κ1) is 17.0. The first-order valence-electron chi connectivity index (χ1n) is 7.42. The molecule has 0 bridgehead atoms. The molecule has 0 amide bonds. The lowest BCUT2D eigenvalue weighted by Crippen LogP contribution is -2.39. The fraction of sp³-hybridized carbons (Fsp3) is 0.647. The fourth-order valence-corrected chi connectivity index (χ4v) is 2.43. The summed E-state index contributed by atoms with van der Waals surface area (Å²) < 4.78 is 5.51. The Morgan fingerprint density at radius 2 is 1.90 bits per heavy atom. The quantitative estimate of drug-likeness (QED) is 0.828. The molecule has 3 heteroatoms. The lowest BCUT2D eigenvalue weighted by molar-refractivity contribution is 0.189. The van der Waals surface area contributed by atoms with Gasteiger partial charge < -0.3 is 15.0 Å². The van der Waals surface area contributed by atoms with E-state index < -0.39 is 0 Å². The van der Waals surface area contributed by atoms with Crippen molar-refractivity contribution >= 4 is 0 Å². The Balaban J connectivity index is 2.93. The topological polar surface area (TPSA) is 24.5 Å². The van der Waals surface area contributed by atoms with Crippen LogP contribution in [-0.2, 0) is 0 Å². The van der Waals surface area contributed by atoms with Crippen molar-refractivity contribution in [3.63, 3.8) is 0 Å². The summed E-state index contributed by atoms with van der Waals surface area (Å²) in [5.74, 6) is 1.61. The second-order valence-corrected chi connectivity index (χ2v) is 6.01. The van der Waals surface area contributed by atoms with Gasteiger partial charge in [-0.25, -0.2) is 0 Å². The highest BCUT2D eigenvalue weighted by molar-refractivity contribution is 5.39. The zero-order valence-electron chi connectivity index (χ0n) is 14.0. The molecule has 0 saturated carbocycles. The molecular weight excluding hydrogens is 248 g/mol. The van der Waals surface area contributed by atoms with Crippen LogP contribution >= 0.6 is 0 Å². The van der Waals surface area contributed by atoms with Crippen molar-refractivity contribution in [2.75, 3.05) is 27.7 Å². The summed E-state index contributed by atoms with van der Waals surface area (Å²) in [7, 11) is 5.94. The number of likely N-dealkylation sites (N-methyl/N-ethyl adjacent to an activating group) is 2. The third kappa shape index (κ3) is 4.22. The maximum Gasteiger partial charge on any atom is 0.123 e. The van der Waals surface area contributed by atoms with Gasteiger partial charge in [-0.15, -0.1) is 0 Å². The van der Waals surface area contributed by atoms with Gasteiger partial charge >= 0.3 is 0 Å². The number of hydrogen-bond acceptors (Lipinski definition) is 3. The van der Waals surface area contributed by atoms with Crippen LogP contribution in [0.4, 0.5) is 0 Å². The molecule has 0 heterocycles. The van der Waals surface area contributed by atoms with Gasteiger partial charge in [0, 0.05) is 24.2 Å². The van der Waals surface area contributed by atoms with Crippen LogP contribution in [0, 0.1) is 12.8 Å². The van der Waals surface area contributed by atoms with E-state index in [-0.39, 0.29) is 6.04 Å². The Bertz CT molecular complexity index is 417. The number of aryl methyl sites for hydroxylation is 1. The summed E-state index contributed by atoms with van der Waals surface area (Å²) >= 11 is 0. The average molecular weight is 278 g/mol. The minimum Gasteiger partial charge on any atom is -0.496 e.